The third-order valence-electron chi connectivity index (χ3n) is 2.78. The van der Waals surface area contributed by atoms with Crippen LogP contribution in [0.25, 0.3) is 0 Å². The van der Waals surface area contributed by atoms with Crippen molar-refractivity contribution in [2.24, 2.45) is 0 Å². The van der Waals surface area contributed by atoms with Crippen LogP contribution in [-0.4, -0.2) is 11.7 Å². The van der Waals surface area contributed by atoms with E-state index in [0.29, 0.717) is 17.1 Å². The zero-order valence-corrected chi connectivity index (χ0v) is 13.6. The Hall–Kier alpha value is -1.77. The van der Waals surface area contributed by atoms with Crippen LogP contribution in [0.1, 0.15) is 11.1 Å². The van der Waals surface area contributed by atoms with Gasteiger partial charge in [0.25, 0.3) is 0 Å². The lowest BCUT2D eigenvalue weighted by Gasteiger charge is -2.07. The summed E-state index contributed by atoms with van der Waals surface area (Å²) in [6.45, 7) is 0. The number of nitrogens with one attached hydrogen (secondary N) is 1. The van der Waals surface area contributed by atoms with Crippen molar-refractivity contribution < 1.29 is 4.79 Å². The average Bonchev–Trinajstić information content (AvgIpc) is 2.50. The van der Waals surface area contributed by atoms with Crippen molar-refractivity contribution >= 4 is 39.3 Å². The Balaban J connectivity index is 1.85. The number of halogens is 1. The van der Waals surface area contributed by atoms with E-state index in [4.69, 9.17) is 5.26 Å². The van der Waals surface area contributed by atoms with Crippen molar-refractivity contribution in [1.82, 2.24) is 0 Å². The summed E-state index contributed by atoms with van der Waals surface area (Å²) < 4.78 is 0.859. The maximum Gasteiger partial charge on any atom is 0.234 e. The molecule has 0 aliphatic carbocycles. The lowest BCUT2D eigenvalue weighted by molar-refractivity contribution is -0.113. The number of hydrogen-bond donors (Lipinski definition) is 1. The molecule has 0 bridgehead atoms. The summed E-state index contributed by atoms with van der Waals surface area (Å²) in [7, 11) is 0. The van der Waals surface area contributed by atoms with Crippen molar-refractivity contribution in [1.29, 1.82) is 5.26 Å². The Labute approximate surface area is 136 Å². The highest BCUT2D eigenvalue weighted by atomic mass is 79.9. The minimum atomic E-state index is -0.0543. The summed E-state index contributed by atoms with van der Waals surface area (Å²) >= 11 is 4.88. The second kappa shape index (κ2) is 7.87. The molecule has 2 aromatic rings. The van der Waals surface area contributed by atoms with Gasteiger partial charge in [-0.2, -0.15) is 5.26 Å². The Kier molecular flexibility index (Phi) is 5.85. The number of benzene rings is 2. The fourth-order valence-electron chi connectivity index (χ4n) is 1.76. The number of nitrogens with zero attached hydrogens (tertiary/aromatic N) is 1. The van der Waals surface area contributed by atoms with E-state index in [-0.39, 0.29) is 5.91 Å². The number of para-hydroxylation sites is 1. The number of anilines is 1. The van der Waals surface area contributed by atoms with Gasteiger partial charge in [0.2, 0.25) is 5.91 Å². The van der Waals surface area contributed by atoms with E-state index < -0.39 is 0 Å². The molecule has 0 atom stereocenters. The first-order valence-electron chi connectivity index (χ1n) is 6.31. The molecule has 0 heterocycles. The Morgan fingerprint density at radius 1 is 1.19 bits per heavy atom. The van der Waals surface area contributed by atoms with Crippen molar-refractivity contribution in [3.63, 3.8) is 0 Å². The van der Waals surface area contributed by atoms with E-state index in [0.717, 1.165) is 15.7 Å². The molecule has 3 nitrogen and oxygen atoms in total. The molecule has 0 saturated carbocycles. The van der Waals surface area contributed by atoms with Crippen LogP contribution < -0.4 is 5.32 Å². The lowest BCUT2D eigenvalue weighted by atomic mass is 10.1. The summed E-state index contributed by atoms with van der Waals surface area (Å²) in [6, 6.07) is 17.1. The summed E-state index contributed by atoms with van der Waals surface area (Å²) in [4.78, 5) is 11.9. The van der Waals surface area contributed by atoms with Gasteiger partial charge in [-0.05, 0) is 39.7 Å². The number of hydrogen-bond acceptors (Lipinski definition) is 3. The van der Waals surface area contributed by atoms with Crippen LogP contribution in [0.5, 0.6) is 0 Å². The molecular weight excluding hydrogens is 348 g/mol. The van der Waals surface area contributed by atoms with Crippen LogP contribution in [0.4, 0.5) is 5.69 Å². The zero-order chi connectivity index (χ0) is 15.1. The van der Waals surface area contributed by atoms with Crippen LogP contribution in [0.15, 0.2) is 53.0 Å². The quantitative estimate of drug-likeness (QED) is 0.869. The molecule has 5 heteroatoms. The highest BCUT2D eigenvalue weighted by Gasteiger charge is 2.06. The standard InChI is InChI=1S/C16H13BrN2OS/c17-14-7-3-4-8-15(14)19-16(20)11-21-10-13-6-2-1-5-12(13)9-18/h1-8H,10-11H2,(H,19,20). The normalized spacial score (nSPS) is 9.90. The SMILES string of the molecule is N#Cc1ccccc1CSCC(=O)Nc1ccccc1Br. The minimum absolute atomic E-state index is 0.0543. The molecule has 2 aromatic carbocycles. The fourth-order valence-corrected chi connectivity index (χ4v) is 2.97. The number of carbonyl (C=O) groups is 1. The summed E-state index contributed by atoms with van der Waals surface area (Å²) in [6.07, 6.45) is 0. The summed E-state index contributed by atoms with van der Waals surface area (Å²) in [5.41, 5.74) is 2.38. The molecule has 0 aromatic heterocycles. The predicted octanol–water partition coefficient (Wildman–Crippen LogP) is 4.19. The molecule has 0 aliphatic heterocycles. The monoisotopic (exact) mass is 360 g/mol. The molecule has 1 amide bonds. The molecule has 0 aliphatic rings. The van der Waals surface area contributed by atoms with Crippen molar-refractivity contribution in [3.05, 3.63) is 64.1 Å². The van der Waals surface area contributed by atoms with Gasteiger partial charge in [0.1, 0.15) is 0 Å². The van der Waals surface area contributed by atoms with Crippen LogP contribution in [-0.2, 0) is 10.5 Å². The number of amides is 1. The molecule has 0 saturated heterocycles. The zero-order valence-electron chi connectivity index (χ0n) is 11.2. The molecule has 0 fully saturated rings. The first kappa shape index (κ1) is 15.6. The van der Waals surface area contributed by atoms with Gasteiger partial charge in [-0.25, -0.2) is 0 Å². The second-order valence-corrected chi connectivity index (χ2v) is 6.13. The van der Waals surface area contributed by atoms with Crippen LogP contribution in [0.3, 0.4) is 0 Å². The molecule has 106 valence electrons. The van der Waals surface area contributed by atoms with Gasteiger partial charge in [-0.1, -0.05) is 30.3 Å². The van der Waals surface area contributed by atoms with E-state index in [1.807, 2.05) is 42.5 Å². The van der Waals surface area contributed by atoms with Crippen LogP contribution in [0.2, 0.25) is 0 Å². The number of nitriles is 1. The van der Waals surface area contributed by atoms with Crippen molar-refractivity contribution in [3.8, 4) is 6.07 Å². The van der Waals surface area contributed by atoms with Gasteiger partial charge in [-0.15, -0.1) is 11.8 Å². The molecular formula is C16H13BrN2OS. The molecule has 21 heavy (non-hydrogen) atoms. The molecule has 2 rings (SSSR count). The van der Waals surface area contributed by atoms with E-state index in [2.05, 4.69) is 27.3 Å². The predicted molar refractivity (Wildman–Crippen MR) is 90.1 cm³/mol. The third kappa shape index (κ3) is 4.62. The van der Waals surface area contributed by atoms with E-state index in [9.17, 15) is 4.79 Å². The van der Waals surface area contributed by atoms with E-state index in [1.165, 1.54) is 11.8 Å². The second-order valence-electron chi connectivity index (χ2n) is 4.29. The van der Waals surface area contributed by atoms with Gasteiger partial charge in [0.15, 0.2) is 0 Å². The number of thioether (sulfide) groups is 1. The van der Waals surface area contributed by atoms with Crippen LogP contribution in [0, 0.1) is 11.3 Å². The minimum Gasteiger partial charge on any atom is -0.324 e. The van der Waals surface area contributed by atoms with Gasteiger partial charge < -0.3 is 5.32 Å². The van der Waals surface area contributed by atoms with E-state index >= 15 is 0 Å². The molecule has 0 radical (unpaired) electrons. The third-order valence-corrected chi connectivity index (χ3v) is 4.45. The lowest BCUT2D eigenvalue weighted by Crippen LogP contribution is -2.14. The van der Waals surface area contributed by atoms with E-state index in [1.54, 1.807) is 6.07 Å². The summed E-state index contributed by atoms with van der Waals surface area (Å²) in [5.74, 6) is 0.940. The maximum absolute atomic E-state index is 11.9. The maximum atomic E-state index is 11.9. The van der Waals surface area contributed by atoms with Crippen molar-refractivity contribution in [2.45, 2.75) is 5.75 Å². The Morgan fingerprint density at radius 3 is 2.67 bits per heavy atom. The first-order chi connectivity index (χ1) is 10.2. The number of rotatable bonds is 5. The molecule has 0 unspecified atom stereocenters. The van der Waals surface area contributed by atoms with Crippen LogP contribution >= 0.6 is 27.7 Å². The largest absolute Gasteiger partial charge is 0.324 e. The first-order valence-corrected chi connectivity index (χ1v) is 8.25. The highest BCUT2D eigenvalue weighted by Crippen LogP contribution is 2.22. The van der Waals surface area contributed by atoms with Crippen molar-refractivity contribution in [2.75, 3.05) is 11.1 Å². The smallest absolute Gasteiger partial charge is 0.234 e. The average molecular weight is 361 g/mol. The topological polar surface area (TPSA) is 52.9 Å². The van der Waals surface area contributed by atoms with Gasteiger partial charge in [0.05, 0.1) is 23.1 Å². The van der Waals surface area contributed by atoms with Gasteiger partial charge >= 0.3 is 0 Å². The Bertz CT molecular complexity index is 682. The molecule has 1 N–H and O–H groups in total. The summed E-state index contributed by atoms with van der Waals surface area (Å²) in [5, 5.41) is 11.9. The fraction of sp³-hybridized carbons (Fsp3) is 0.125. The molecule has 0 spiro atoms. The van der Waals surface area contributed by atoms with Gasteiger partial charge in [0, 0.05) is 10.2 Å². The highest BCUT2D eigenvalue weighted by molar-refractivity contribution is 9.10. The number of carbonyl (C=O) groups excluding carboxylic acids is 1. The van der Waals surface area contributed by atoms with Gasteiger partial charge in [-0.3, -0.25) is 4.79 Å². The Morgan fingerprint density at radius 2 is 1.90 bits per heavy atom.